The number of ether oxygens (including phenoxy) is 1. The Balaban J connectivity index is 3.13. The fraction of sp³-hybridized carbons (Fsp3) is 0.500. The van der Waals surface area contributed by atoms with Crippen LogP contribution in [0.25, 0.3) is 6.08 Å². The molecule has 0 N–H and O–H groups in total. The summed E-state index contributed by atoms with van der Waals surface area (Å²) in [6.07, 6.45) is 1.98. The molecule has 0 unspecified atom stereocenters. The SMILES string of the molecule is CCO/C(C)=N/C(=C\c1ccccc1)O[Si](C)(C)C(C)(C)C. The molecule has 0 aliphatic rings. The fourth-order valence-corrected chi connectivity index (χ4v) is 2.52. The molecular formula is C18H29NO2Si. The van der Waals surface area contributed by atoms with Crippen molar-refractivity contribution in [3.05, 3.63) is 41.8 Å². The summed E-state index contributed by atoms with van der Waals surface area (Å²) >= 11 is 0. The second-order valence-electron chi connectivity index (χ2n) is 6.82. The highest BCUT2D eigenvalue weighted by Gasteiger charge is 2.39. The van der Waals surface area contributed by atoms with Crippen LogP contribution in [-0.4, -0.2) is 20.8 Å². The Hall–Kier alpha value is -1.55. The normalized spacial score (nSPS) is 14.0. The van der Waals surface area contributed by atoms with Crippen LogP contribution in [0.5, 0.6) is 0 Å². The third kappa shape index (κ3) is 5.68. The van der Waals surface area contributed by atoms with Gasteiger partial charge in [0.1, 0.15) is 0 Å². The van der Waals surface area contributed by atoms with E-state index in [-0.39, 0.29) is 5.04 Å². The Morgan fingerprint density at radius 2 is 1.77 bits per heavy atom. The number of aliphatic imine (C=N–C) groups is 1. The van der Waals surface area contributed by atoms with E-state index in [1.54, 1.807) is 0 Å². The third-order valence-corrected chi connectivity index (χ3v) is 8.21. The van der Waals surface area contributed by atoms with E-state index in [1.165, 1.54) is 0 Å². The molecule has 122 valence electrons. The van der Waals surface area contributed by atoms with Gasteiger partial charge in [-0.3, -0.25) is 0 Å². The number of hydrogen-bond acceptors (Lipinski definition) is 3. The first-order valence-electron chi connectivity index (χ1n) is 7.79. The minimum Gasteiger partial charge on any atom is -0.531 e. The topological polar surface area (TPSA) is 30.8 Å². The molecule has 0 saturated heterocycles. The third-order valence-electron chi connectivity index (χ3n) is 3.88. The van der Waals surface area contributed by atoms with Crippen LogP contribution >= 0.6 is 0 Å². The van der Waals surface area contributed by atoms with Gasteiger partial charge in [-0.1, -0.05) is 51.1 Å². The predicted octanol–water partition coefficient (Wildman–Crippen LogP) is 5.46. The molecule has 0 aliphatic carbocycles. The largest absolute Gasteiger partial charge is 0.531 e. The second-order valence-corrected chi connectivity index (χ2v) is 11.5. The van der Waals surface area contributed by atoms with Crippen LogP contribution in [0.2, 0.25) is 18.1 Å². The molecule has 3 nitrogen and oxygen atoms in total. The average molecular weight is 320 g/mol. The Bertz CT molecular complexity index is 528. The number of hydrogen-bond donors (Lipinski definition) is 0. The van der Waals surface area contributed by atoms with Gasteiger partial charge in [-0.05, 0) is 30.6 Å². The summed E-state index contributed by atoms with van der Waals surface area (Å²) < 4.78 is 11.8. The minimum absolute atomic E-state index is 0.123. The summed E-state index contributed by atoms with van der Waals surface area (Å²) in [6, 6.07) is 10.1. The molecule has 22 heavy (non-hydrogen) atoms. The van der Waals surface area contributed by atoms with E-state index in [9.17, 15) is 0 Å². The van der Waals surface area contributed by atoms with E-state index in [1.807, 2.05) is 50.3 Å². The average Bonchev–Trinajstić information content (AvgIpc) is 2.38. The van der Waals surface area contributed by atoms with Crippen molar-refractivity contribution in [3.8, 4) is 0 Å². The van der Waals surface area contributed by atoms with Crippen molar-refractivity contribution in [3.63, 3.8) is 0 Å². The fourth-order valence-electron chi connectivity index (χ4n) is 1.59. The van der Waals surface area contributed by atoms with Crippen molar-refractivity contribution >= 4 is 20.3 Å². The first-order chi connectivity index (χ1) is 10.2. The van der Waals surface area contributed by atoms with Gasteiger partial charge < -0.3 is 9.16 Å². The van der Waals surface area contributed by atoms with Crippen molar-refractivity contribution < 1.29 is 9.16 Å². The first kappa shape index (κ1) is 18.5. The predicted molar refractivity (Wildman–Crippen MR) is 97.4 cm³/mol. The van der Waals surface area contributed by atoms with Gasteiger partial charge in [0.15, 0.2) is 5.90 Å². The van der Waals surface area contributed by atoms with Gasteiger partial charge >= 0.3 is 0 Å². The van der Waals surface area contributed by atoms with Crippen LogP contribution < -0.4 is 0 Å². The van der Waals surface area contributed by atoms with Gasteiger partial charge in [-0.2, -0.15) is 4.99 Å². The van der Waals surface area contributed by atoms with Gasteiger partial charge in [-0.25, -0.2) is 0 Å². The molecule has 0 amide bonds. The molecule has 0 atom stereocenters. The molecule has 0 heterocycles. The lowest BCUT2D eigenvalue weighted by Gasteiger charge is -2.36. The van der Waals surface area contributed by atoms with Crippen molar-refractivity contribution in [1.82, 2.24) is 0 Å². The zero-order chi connectivity index (χ0) is 16.8. The van der Waals surface area contributed by atoms with E-state index >= 15 is 0 Å². The maximum absolute atomic E-state index is 6.36. The van der Waals surface area contributed by atoms with Crippen LogP contribution in [0.3, 0.4) is 0 Å². The maximum atomic E-state index is 6.36. The monoisotopic (exact) mass is 319 g/mol. The summed E-state index contributed by atoms with van der Waals surface area (Å²) in [5.41, 5.74) is 1.07. The standard InChI is InChI=1S/C18H29NO2Si/c1-8-20-15(2)19-17(14-16-12-10-9-11-13-16)21-22(6,7)18(3,4)5/h9-14H,8H2,1-7H3/b17-14+,19-15+. The lowest BCUT2D eigenvalue weighted by molar-refractivity contribution is 0.317. The Kier molecular flexibility index (Phi) is 6.42. The number of benzene rings is 1. The number of nitrogens with zero attached hydrogens (tertiary/aromatic N) is 1. The van der Waals surface area contributed by atoms with Crippen molar-refractivity contribution in [2.45, 2.75) is 52.8 Å². The van der Waals surface area contributed by atoms with Gasteiger partial charge in [0, 0.05) is 13.0 Å². The molecular weight excluding hydrogens is 290 g/mol. The van der Waals surface area contributed by atoms with Crippen LogP contribution in [-0.2, 0) is 9.16 Å². The van der Waals surface area contributed by atoms with Crippen molar-refractivity contribution in [2.75, 3.05) is 6.61 Å². The lowest BCUT2D eigenvalue weighted by atomic mass is 10.2. The highest BCUT2D eigenvalue weighted by Crippen LogP contribution is 2.38. The molecule has 0 spiro atoms. The second kappa shape index (κ2) is 7.63. The molecule has 0 bridgehead atoms. The molecule has 4 heteroatoms. The molecule has 0 fully saturated rings. The van der Waals surface area contributed by atoms with Gasteiger partial charge in [0.2, 0.25) is 5.88 Å². The van der Waals surface area contributed by atoms with E-state index in [0.29, 0.717) is 18.4 Å². The molecule has 0 aliphatic heterocycles. The molecule has 0 aromatic heterocycles. The summed E-state index contributed by atoms with van der Waals surface area (Å²) in [6.45, 7) is 15.5. The van der Waals surface area contributed by atoms with Crippen LogP contribution in [0.4, 0.5) is 0 Å². The molecule has 1 rings (SSSR count). The minimum atomic E-state index is -1.94. The first-order valence-corrected chi connectivity index (χ1v) is 10.7. The van der Waals surface area contributed by atoms with E-state index < -0.39 is 8.32 Å². The van der Waals surface area contributed by atoms with Crippen LogP contribution in [0.15, 0.2) is 41.2 Å². The summed E-state index contributed by atoms with van der Waals surface area (Å²) in [5.74, 6) is 1.26. The summed E-state index contributed by atoms with van der Waals surface area (Å²) in [4.78, 5) is 4.53. The zero-order valence-electron chi connectivity index (χ0n) is 14.9. The molecule has 1 aromatic rings. The summed E-state index contributed by atoms with van der Waals surface area (Å²) in [5, 5.41) is 0.123. The zero-order valence-corrected chi connectivity index (χ0v) is 15.9. The quantitative estimate of drug-likeness (QED) is 0.312. The number of rotatable bonds is 5. The van der Waals surface area contributed by atoms with E-state index in [2.05, 4.69) is 38.9 Å². The molecule has 1 aromatic carbocycles. The smallest absolute Gasteiger partial charge is 0.252 e. The molecule has 0 saturated carbocycles. The van der Waals surface area contributed by atoms with E-state index in [0.717, 1.165) is 5.56 Å². The highest BCUT2D eigenvalue weighted by molar-refractivity contribution is 6.74. The van der Waals surface area contributed by atoms with E-state index in [4.69, 9.17) is 9.16 Å². The van der Waals surface area contributed by atoms with Gasteiger partial charge in [-0.15, -0.1) is 0 Å². The van der Waals surface area contributed by atoms with Gasteiger partial charge in [0.25, 0.3) is 8.32 Å². The summed E-state index contributed by atoms with van der Waals surface area (Å²) in [7, 11) is -1.94. The van der Waals surface area contributed by atoms with Crippen LogP contribution in [0.1, 0.15) is 40.2 Å². The van der Waals surface area contributed by atoms with Crippen molar-refractivity contribution in [1.29, 1.82) is 0 Å². The molecule has 0 radical (unpaired) electrons. The van der Waals surface area contributed by atoms with Crippen molar-refractivity contribution in [2.24, 2.45) is 4.99 Å². The Morgan fingerprint density at radius 3 is 2.27 bits per heavy atom. The maximum Gasteiger partial charge on any atom is 0.252 e. The Morgan fingerprint density at radius 1 is 1.18 bits per heavy atom. The highest BCUT2D eigenvalue weighted by atomic mass is 28.4. The lowest BCUT2D eigenvalue weighted by Crippen LogP contribution is -2.40. The van der Waals surface area contributed by atoms with Gasteiger partial charge in [0.05, 0.1) is 6.61 Å². The van der Waals surface area contributed by atoms with Crippen LogP contribution in [0, 0.1) is 0 Å². The Labute approximate surface area is 136 Å².